The largest absolute Gasteiger partial charge is 0.459 e. The molecule has 0 aromatic heterocycles. The molecule has 8 nitrogen and oxygen atoms in total. The molecule has 0 radical (unpaired) electrons. The van der Waals surface area contributed by atoms with Crippen LogP contribution in [0, 0.1) is 0 Å². The molecular weight excluding hydrogens is 763 g/mol. The number of aliphatic hydroxyl groups excluding tert-OH is 1. The maximum atomic E-state index is 14.8. The summed E-state index contributed by atoms with van der Waals surface area (Å²) < 4.78 is 18.9. The Labute approximate surface area is 362 Å². The van der Waals surface area contributed by atoms with Gasteiger partial charge in [-0.1, -0.05) is 210 Å². The highest BCUT2D eigenvalue weighted by atomic mass is 16.6. The predicted octanol–water partition coefficient (Wildman–Crippen LogP) is 11.4. The molecule has 5 aromatic rings. The van der Waals surface area contributed by atoms with E-state index in [9.17, 15) is 19.5 Å². The van der Waals surface area contributed by atoms with Crippen molar-refractivity contribution < 1.29 is 33.7 Å². The zero-order valence-corrected chi connectivity index (χ0v) is 35.7. The maximum absolute atomic E-state index is 14.8. The van der Waals surface area contributed by atoms with Crippen LogP contribution in [0.2, 0.25) is 0 Å². The van der Waals surface area contributed by atoms with Crippen molar-refractivity contribution in [3.63, 3.8) is 0 Å². The van der Waals surface area contributed by atoms with Crippen molar-refractivity contribution >= 4 is 17.8 Å². The summed E-state index contributed by atoms with van der Waals surface area (Å²) in [6, 6.07) is 47.7. The van der Waals surface area contributed by atoms with Crippen LogP contribution in [0.1, 0.15) is 118 Å². The van der Waals surface area contributed by atoms with Gasteiger partial charge in [0.25, 0.3) is 0 Å². The Hall–Kier alpha value is -5.57. The first-order chi connectivity index (χ1) is 29.9. The molecule has 5 aromatic carbocycles. The number of hydrogen-bond acceptors (Lipinski definition) is 7. The summed E-state index contributed by atoms with van der Waals surface area (Å²) in [5.74, 6) is -0.495. The van der Waals surface area contributed by atoms with Crippen LogP contribution in [0.3, 0.4) is 0 Å². The van der Waals surface area contributed by atoms with Gasteiger partial charge in [0.2, 0.25) is 0 Å². The topological polar surface area (TPSA) is 111 Å². The molecule has 0 saturated heterocycles. The first kappa shape index (κ1) is 46.5. The summed E-state index contributed by atoms with van der Waals surface area (Å²) in [5, 5.41) is 15.2. The number of alkyl carbamates (subject to hydrolysis) is 1. The third-order valence-corrected chi connectivity index (χ3v) is 11.2. The number of esters is 1. The molecule has 2 atom stereocenters. The van der Waals surface area contributed by atoms with Crippen LogP contribution in [0.5, 0.6) is 0 Å². The molecule has 0 spiro atoms. The van der Waals surface area contributed by atoms with Gasteiger partial charge in [0.15, 0.2) is 5.54 Å². The molecule has 61 heavy (non-hydrogen) atoms. The zero-order valence-electron chi connectivity index (χ0n) is 35.7. The predicted molar refractivity (Wildman–Crippen MR) is 241 cm³/mol. The SMILES string of the molecule is CCCCCCC(=O)CCCCCCCC[C@@H](O)[C@](COC(c1ccccc1)(c1ccccc1)c1ccccc1)(NC(=O)OCc1ccccc1)C(=O)OCc1ccccc1. The lowest BCUT2D eigenvalue weighted by atomic mass is 9.79. The van der Waals surface area contributed by atoms with Crippen LogP contribution < -0.4 is 5.32 Å². The Morgan fingerprint density at radius 2 is 0.951 bits per heavy atom. The van der Waals surface area contributed by atoms with Crippen LogP contribution in [0.15, 0.2) is 152 Å². The van der Waals surface area contributed by atoms with Crippen molar-refractivity contribution in [1.29, 1.82) is 0 Å². The van der Waals surface area contributed by atoms with Crippen molar-refractivity contribution in [3.05, 3.63) is 179 Å². The van der Waals surface area contributed by atoms with E-state index >= 15 is 0 Å². The fourth-order valence-electron chi connectivity index (χ4n) is 7.73. The smallest absolute Gasteiger partial charge is 0.408 e. The van der Waals surface area contributed by atoms with Gasteiger partial charge in [0.05, 0.1) is 12.7 Å². The van der Waals surface area contributed by atoms with Crippen LogP contribution in [-0.2, 0) is 42.6 Å². The van der Waals surface area contributed by atoms with Gasteiger partial charge in [-0.3, -0.25) is 4.79 Å². The van der Waals surface area contributed by atoms with Crippen LogP contribution >= 0.6 is 0 Å². The number of ether oxygens (including phenoxy) is 3. The zero-order chi connectivity index (χ0) is 43.0. The number of ketones is 1. The van der Waals surface area contributed by atoms with Crippen LogP contribution in [0.4, 0.5) is 4.79 Å². The molecular formula is C53H63NO7. The monoisotopic (exact) mass is 825 g/mol. The second-order valence-corrected chi connectivity index (χ2v) is 15.8. The minimum absolute atomic E-state index is 0.0504. The lowest BCUT2D eigenvalue weighted by Crippen LogP contribution is -2.66. The third-order valence-electron chi connectivity index (χ3n) is 11.2. The van der Waals surface area contributed by atoms with Crippen molar-refractivity contribution in [1.82, 2.24) is 5.32 Å². The van der Waals surface area contributed by atoms with E-state index in [4.69, 9.17) is 14.2 Å². The quantitative estimate of drug-likeness (QED) is 0.0308. The summed E-state index contributed by atoms with van der Waals surface area (Å²) >= 11 is 0. The van der Waals surface area contributed by atoms with Crippen molar-refractivity contribution in [2.75, 3.05) is 6.61 Å². The molecule has 0 heterocycles. The van der Waals surface area contributed by atoms with Gasteiger partial charge in [-0.05, 0) is 47.1 Å². The Morgan fingerprint density at radius 3 is 1.43 bits per heavy atom. The van der Waals surface area contributed by atoms with Crippen molar-refractivity contribution in [3.8, 4) is 0 Å². The van der Waals surface area contributed by atoms with E-state index in [0.29, 0.717) is 25.0 Å². The molecule has 0 unspecified atom stereocenters. The number of rotatable bonds is 27. The fraction of sp³-hybridized carbons (Fsp3) is 0.377. The number of unbranched alkanes of at least 4 members (excludes halogenated alkanes) is 8. The summed E-state index contributed by atoms with van der Waals surface area (Å²) in [6.45, 7) is 1.57. The summed E-state index contributed by atoms with van der Waals surface area (Å²) in [7, 11) is 0. The van der Waals surface area contributed by atoms with E-state index in [1.807, 2.05) is 152 Å². The summed E-state index contributed by atoms with van der Waals surface area (Å²) in [6.07, 6.45) is 8.66. The highest BCUT2D eigenvalue weighted by Gasteiger charge is 2.51. The molecule has 8 heteroatoms. The summed E-state index contributed by atoms with van der Waals surface area (Å²) in [5.41, 5.74) is 0.510. The minimum atomic E-state index is -2.09. The van der Waals surface area contributed by atoms with E-state index < -0.39 is 35.9 Å². The molecule has 0 saturated carbocycles. The van der Waals surface area contributed by atoms with Crippen LogP contribution in [-0.4, -0.2) is 41.2 Å². The van der Waals surface area contributed by atoms with E-state index in [1.54, 1.807) is 0 Å². The number of hydrogen-bond donors (Lipinski definition) is 2. The Balaban J connectivity index is 1.42. The van der Waals surface area contributed by atoms with Gasteiger partial charge in [-0.25, -0.2) is 9.59 Å². The average Bonchev–Trinajstić information content (AvgIpc) is 3.31. The Kier molecular flexibility index (Phi) is 19.3. The average molecular weight is 826 g/mol. The van der Waals surface area contributed by atoms with Gasteiger partial charge in [-0.15, -0.1) is 0 Å². The Morgan fingerprint density at radius 1 is 0.541 bits per heavy atom. The van der Waals surface area contributed by atoms with E-state index in [2.05, 4.69) is 12.2 Å². The molecule has 2 N–H and O–H groups in total. The lowest BCUT2D eigenvalue weighted by Gasteiger charge is -2.41. The first-order valence-corrected chi connectivity index (χ1v) is 22.1. The molecule has 322 valence electrons. The highest BCUT2D eigenvalue weighted by molar-refractivity contribution is 5.87. The van der Waals surface area contributed by atoms with E-state index in [1.165, 1.54) is 6.42 Å². The second kappa shape index (κ2) is 25.3. The molecule has 0 bridgehead atoms. The number of carbonyl (C=O) groups excluding carboxylic acids is 3. The van der Waals surface area contributed by atoms with E-state index in [0.717, 1.165) is 79.2 Å². The third kappa shape index (κ3) is 14.0. The molecule has 1 amide bonds. The number of Topliss-reactive ketones (excluding diaryl/α,β-unsaturated/α-hetero) is 1. The normalized spacial score (nSPS) is 12.8. The first-order valence-electron chi connectivity index (χ1n) is 22.1. The minimum Gasteiger partial charge on any atom is -0.459 e. The molecule has 0 aliphatic carbocycles. The molecule has 5 rings (SSSR count). The van der Waals surface area contributed by atoms with Gasteiger partial charge in [-0.2, -0.15) is 0 Å². The van der Waals surface area contributed by atoms with Crippen molar-refractivity contribution in [2.24, 2.45) is 0 Å². The number of amides is 1. The number of nitrogens with one attached hydrogen (secondary N) is 1. The number of aliphatic hydroxyl groups is 1. The highest BCUT2D eigenvalue weighted by Crippen LogP contribution is 2.41. The van der Waals surface area contributed by atoms with Gasteiger partial charge < -0.3 is 24.6 Å². The van der Waals surface area contributed by atoms with Gasteiger partial charge in [0, 0.05) is 12.8 Å². The molecule has 0 fully saturated rings. The van der Waals surface area contributed by atoms with E-state index in [-0.39, 0.29) is 19.6 Å². The van der Waals surface area contributed by atoms with Gasteiger partial charge >= 0.3 is 12.1 Å². The Bertz CT molecular complexity index is 1900. The fourth-order valence-corrected chi connectivity index (χ4v) is 7.73. The lowest BCUT2D eigenvalue weighted by molar-refractivity contribution is -0.166. The standard InChI is InChI=1S/C53H63NO7/c1-2-3-4-24-37-48(55)38-25-7-5-6-8-26-39-49(56)52(50(57)59-40-43-27-14-9-15-28-43,54-51(58)60-41-44-29-16-10-17-30-44)42-61-53(45-31-18-11-19-32-45,46-33-20-12-21-34-46)47-35-22-13-23-36-47/h9-23,27-36,49,56H,2-8,24-26,37-42H2,1H3,(H,54,58)/t49-,52+/m1/s1. The van der Waals surface area contributed by atoms with Crippen molar-refractivity contribution in [2.45, 2.75) is 121 Å². The number of benzene rings is 5. The summed E-state index contributed by atoms with van der Waals surface area (Å²) in [4.78, 5) is 41.1. The second-order valence-electron chi connectivity index (χ2n) is 15.8. The van der Waals surface area contributed by atoms with Gasteiger partial charge in [0.1, 0.15) is 24.6 Å². The molecule has 0 aliphatic rings. The number of carbonyl (C=O) groups is 3. The van der Waals surface area contributed by atoms with Crippen LogP contribution in [0.25, 0.3) is 0 Å². The molecule has 0 aliphatic heterocycles. The maximum Gasteiger partial charge on any atom is 0.408 e.